The molecule has 2 rings (SSSR count). The van der Waals surface area contributed by atoms with Crippen molar-refractivity contribution < 1.29 is 0 Å². The maximum absolute atomic E-state index is 3.59. The van der Waals surface area contributed by atoms with Gasteiger partial charge in [-0.1, -0.05) is 35.0 Å². The van der Waals surface area contributed by atoms with Gasteiger partial charge in [-0.15, -0.1) is 0 Å². The van der Waals surface area contributed by atoms with Gasteiger partial charge in [-0.2, -0.15) is 0 Å². The summed E-state index contributed by atoms with van der Waals surface area (Å²) in [7, 11) is 0. The predicted octanol–water partition coefficient (Wildman–Crippen LogP) is 4.22. The lowest BCUT2D eigenvalue weighted by Gasteiger charge is -2.34. The molecule has 1 unspecified atom stereocenters. The van der Waals surface area contributed by atoms with Crippen LogP contribution in [0.2, 0.25) is 0 Å². The highest BCUT2D eigenvalue weighted by atomic mass is 79.9. The Labute approximate surface area is 132 Å². The van der Waals surface area contributed by atoms with Gasteiger partial charge in [0, 0.05) is 17.1 Å². The Balaban J connectivity index is 2.02. The van der Waals surface area contributed by atoms with Gasteiger partial charge >= 0.3 is 0 Å². The molecule has 20 heavy (non-hydrogen) atoms. The lowest BCUT2D eigenvalue weighted by atomic mass is 9.96. The zero-order valence-electron chi connectivity index (χ0n) is 12.7. The van der Waals surface area contributed by atoms with Crippen molar-refractivity contribution in [3.63, 3.8) is 0 Å². The van der Waals surface area contributed by atoms with E-state index in [1.165, 1.54) is 55.5 Å². The van der Waals surface area contributed by atoms with Gasteiger partial charge in [-0.05, 0) is 69.4 Å². The van der Waals surface area contributed by atoms with Crippen LogP contribution in [-0.4, -0.2) is 31.1 Å². The number of piperidine rings is 1. The number of hydrogen-bond acceptors (Lipinski definition) is 2. The molecule has 1 aliphatic rings. The molecule has 112 valence electrons. The molecule has 1 heterocycles. The van der Waals surface area contributed by atoms with Crippen molar-refractivity contribution in [2.75, 3.05) is 26.2 Å². The monoisotopic (exact) mass is 338 g/mol. The molecule has 0 spiro atoms. The average molecular weight is 339 g/mol. The number of nitrogens with one attached hydrogen (secondary N) is 1. The fourth-order valence-corrected chi connectivity index (χ4v) is 3.52. The average Bonchev–Trinajstić information content (AvgIpc) is 2.47. The van der Waals surface area contributed by atoms with Crippen LogP contribution in [0.4, 0.5) is 0 Å². The van der Waals surface area contributed by atoms with E-state index in [0.29, 0.717) is 6.04 Å². The van der Waals surface area contributed by atoms with Crippen LogP contribution in [0.1, 0.15) is 44.7 Å². The molecule has 1 aromatic carbocycles. The molecule has 0 aromatic heterocycles. The minimum atomic E-state index is 0.502. The molecule has 1 N–H and O–H groups in total. The van der Waals surface area contributed by atoms with Gasteiger partial charge in [0.15, 0.2) is 0 Å². The highest BCUT2D eigenvalue weighted by Crippen LogP contribution is 2.26. The van der Waals surface area contributed by atoms with Crippen LogP contribution in [0, 0.1) is 5.92 Å². The Bertz CT molecular complexity index is 402. The molecular weight excluding hydrogens is 312 g/mol. The molecule has 1 fully saturated rings. The summed E-state index contributed by atoms with van der Waals surface area (Å²) in [5.74, 6) is 0.859. The number of halogens is 1. The Morgan fingerprint density at radius 3 is 2.75 bits per heavy atom. The summed E-state index contributed by atoms with van der Waals surface area (Å²) >= 11 is 3.59. The van der Waals surface area contributed by atoms with Crippen molar-refractivity contribution in [2.45, 2.75) is 39.2 Å². The first-order valence-corrected chi connectivity index (χ1v) is 8.70. The lowest BCUT2D eigenvalue weighted by molar-refractivity contribution is 0.161. The fourth-order valence-electron chi connectivity index (χ4n) is 3.10. The van der Waals surface area contributed by atoms with Crippen LogP contribution in [0.25, 0.3) is 0 Å². The number of hydrogen-bond donors (Lipinski definition) is 1. The Hall–Kier alpha value is -0.380. The molecule has 3 heteroatoms. The molecule has 0 bridgehead atoms. The molecule has 0 amide bonds. The number of benzene rings is 1. The number of rotatable bonds is 6. The molecule has 1 atom stereocenters. The van der Waals surface area contributed by atoms with E-state index in [-0.39, 0.29) is 0 Å². The first kappa shape index (κ1) is 16.0. The summed E-state index contributed by atoms with van der Waals surface area (Å²) in [5, 5.41) is 3.46. The first-order valence-electron chi connectivity index (χ1n) is 7.91. The Morgan fingerprint density at radius 2 is 2.10 bits per heavy atom. The Kier molecular flexibility index (Phi) is 6.53. The van der Waals surface area contributed by atoms with Crippen LogP contribution in [0.15, 0.2) is 28.7 Å². The van der Waals surface area contributed by atoms with E-state index < -0.39 is 0 Å². The third-order valence-corrected chi connectivity index (χ3v) is 4.83. The summed E-state index contributed by atoms with van der Waals surface area (Å²) in [6.07, 6.45) is 3.88. The third-order valence-electron chi connectivity index (χ3n) is 4.34. The third kappa shape index (κ3) is 4.57. The maximum atomic E-state index is 3.59. The highest BCUT2D eigenvalue weighted by Gasteiger charge is 2.21. The van der Waals surface area contributed by atoms with Gasteiger partial charge in [-0.3, -0.25) is 4.90 Å². The van der Waals surface area contributed by atoms with Gasteiger partial charge in [0.05, 0.1) is 0 Å². The van der Waals surface area contributed by atoms with E-state index in [4.69, 9.17) is 0 Å². The quantitative estimate of drug-likeness (QED) is 0.835. The van der Waals surface area contributed by atoms with E-state index in [9.17, 15) is 0 Å². The molecule has 1 aliphatic heterocycles. The second-order valence-electron chi connectivity index (χ2n) is 5.92. The second kappa shape index (κ2) is 8.16. The minimum absolute atomic E-state index is 0.502. The molecule has 1 aromatic rings. The van der Waals surface area contributed by atoms with Crippen molar-refractivity contribution in [1.29, 1.82) is 0 Å². The van der Waals surface area contributed by atoms with Crippen molar-refractivity contribution in [2.24, 2.45) is 5.92 Å². The van der Waals surface area contributed by atoms with Gasteiger partial charge in [-0.25, -0.2) is 0 Å². The van der Waals surface area contributed by atoms with Crippen LogP contribution in [0.3, 0.4) is 0 Å². The molecule has 0 radical (unpaired) electrons. The fraction of sp³-hybridized carbons (Fsp3) is 0.647. The highest BCUT2D eigenvalue weighted by molar-refractivity contribution is 9.10. The molecule has 0 saturated carbocycles. The largest absolute Gasteiger partial charge is 0.317 e. The van der Waals surface area contributed by atoms with Gasteiger partial charge in [0.25, 0.3) is 0 Å². The van der Waals surface area contributed by atoms with Crippen LogP contribution >= 0.6 is 15.9 Å². The van der Waals surface area contributed by atoms with Crippen molar-refractivity contribution >= 4 is 15.9 Å². The first-order chi connectivity index (χ1) is 9.70. The van der Waals surface area contributed by atoms with E-state index in [2.05, 4.69) is 64.3 Å². The van der Waals surface area contributed by atoms with E-state index in [0.717, 1.165) is 5.92 Å². The van der Waals surface area contributed by atoms with Crippen LogP contribution < -0.4 is 5.32 Å². The zero-order valence-corrected chi connectivity index (χ0v) is 14.3. The normalized spacial score (nSPS) is 18.4. The summed E-state index contributed by atoms with van der Waals surface area (Å²) in [6.45, 7) is 9.44. The zero-order chi connectivity index (χ0) is 14.4. The SMILES string of the molecule is CCCN(CC1CCNCC1)C(C)c1cccc(Br)c1. The smallest absolute Gasteiger partial charge is 0.0320 e. The summed E-state index contributed by atoms with van der Waals surface area (Å²) in [5.41, 5.74) is 1.42. The van der Waals surface area contributed by atoms with Crippen molar-refractivity contribution in [3.8, 4) is 0 Å². The van der Waals surface area contributed by atoms with E-state index >= 15 is 0 Å². The molecular formula is C17H27BrN2. The summed E-state index contributed by atoms with van der Waals surface area (Å²) < 4.78 is 1.18. The Morgan fingerprint density at radius 1 is 1.35 bits per heavy atom. The van der Waals surface area contributed by atoms with Crippen LogP contribution in [0.5, 0.6) is 0 Å². The lowest BCUT2D eigenvalue weighted by Crippen LogP contribution is -2.37. The predicted molar refractivity (Wildman–Crippen MR) is 90.0 cm³/mol. The van der Waals surface area contributed by atoms with Crippen molar-refractivity contribution in [1.82, 2.24) is 10.2 Å². The maximum Gasteiger partial charge on any atom is 0.0320 e. The number of nitrogens with zero attached hydrogens (tertiary/aromatic N) is 1. The molecule has 2 nitrogen and oxygen atoms in total. The van der Waals surface area contributed by atoms with Gasteiger partial charge < -0.3 is 5.32 Å². The molecule has 0 aliphatic carbocycles. The van der Waals surface area contributed by atoms with Gasteiger partial charge in [0.2, 0.25) is 0 Å². The van der Waals surface area contributed by atoms with Crippen LogP contribution in [-0.2, 0) is 0 Å². The van der Waals surface area contributed by atoms with Crippen molar-refractivity contribution in [3.05, 3.63) is 34.3 Å². The standard InChI is InChI=1S/C17H27BrN2/c1-3-11-20(13-15-7-9-19-10-8-15)14(2)16-5-4-6-17(18)12-16/h4-6,12,14-15,19H,3,7-11,13H2,1-2H3. The van der Waals surface area contributed by atoms with E-state index in [1.54, 1.807) is 0 Å². The topological polar surface area (TPSA) is 15.3 Å². The minimum Gasteiger partial charge on any atom is -0.317 e. The second-order valence-corrected chi connectivity index (χ2v) is 6.83. The summed E-state index contributed by atoms with van der Waals surface area (Å²) in [4.78, 5) is 2.66. The van der Waals surface area contributed by atoms with Gasteiger partial charge in [0.1, 0.15) is 0 Å². The van der Waals surface area contributed by atoms with E-state index in [1.807, 2.05) is 0 Å². The molecule has 1 saturated heterocycles. The summed E-state index contributed by atoms with van der Waals surface area (Å²) in [6, 6.07) is 9.26.